The Kier molecular flexibility index (Phi) is 6.84. The number of hydrogen-bond donors (Lipinski definition) is 1. The zero-order valence-corrected chi connectivity index (χ0v) is 19.3. The van der Waals surface area contributed by atoms with Crippen LogP contribution in [0.3, 0.4) is 0 Å². The first-order valence-electron chi connectivity index (χ1n) is 10.8. The van der Waals surface area contributed by atoms with Gasteiger partial charge in [0.25, 0.3) is 5.91 Å². The van der Waals surface area contributed by atoms with E-state index in [1.165, 1.54) is 0 Å². The molecule has 0 aliphatic carbocycles. The van der Waals surface area contributed by atoms with Crippen molar-refractivity contribution < 1.29 is 19.1 Å². The van der Waals surface area contributed by atoms with E-state index in [-0.39, 0.29) is 18.2 Å². The minimum absolute atomic E-state index is 0.143. The van der Waals surface area contributed by atoms with Crippen molar-refractivity contribution in [2.24, 2.45) is 0 Å². The van der Waals surface area contributed by atoms with Gasteiger partial charge in [-0.15, -0.1) is 0 Å². The number of nitrogens with zero attached hydrogens (tertiary/aromatic N) is 1. The number of amides is 2. The van der Waals surface area contributed by atoms with E-state index in [1.54, 1.807) is 42.2 Å². The summed E-state index contributed by atoms with van der Waals surface area (Å²) in [7, 11) is 0. The summed E-state index contributed by atoms with van der Waals surface area (Å²) in [5, 5.41) is 3.55. The third-order valence-electron chi connectivity index (χ3n) is 5.30. The summed E-state index contributed by atoms with van der Waals surface area (Å²) >= 11 is 5.99. The highest BCUT2D eigenvalue weighted by atomic mass is 35.5. The molecule has 1 aliphatic rings. The first-order chi connectivity index (χ1) is 15.9. The number of fused-ring (bicyclic) bond motifs is 1. The number of ether oxygens (including phenoxy) is 2. The summed E-state index contributed by atoms with van der Waals surface area (Å²) < 4.78 is 11.2. The van der Waals surface area contributed by atoms with Gasteiger partial charge in [-0.25, -0.2) is 0 Å². The van der Waals surface area contributed by atoms with E-state index in [9.17, 15) is 9.59 Å². The van der Waals surface area contributed by atoms with Crippen LogP contribution >= 0.6 is 11.6 Å². The molecule has 1 N–H and O–H groups in total. The first kappa shape index (κ1) is 22.7. The molecule has 2 amide bonds. The Morgan fingerprint density at radius 1 is 1.06 bits per heavy atom. The third kappa shape index (κ3) is 5.46. The third-order valence-corrected chi connectivity index (χ3v) is 5.56. The van der Waals surface area contributed by atoms with E-state index in [0.29, 0.717) is 35.3 Å². The minimum Gasteiger partial charge on any atom is -0.494 e. The average Bonchev–Trinajstić information content (AvgIpc) is 2.80. The summed E-state index contributed by atoms with van der Waals surface area (Å²) in [5.74, 6) is 1.08. The maximum Gasteiger partial charge on any atom is 0.268 e. The predicted molar refractivity (Wildman–Crippen MR) is 129 cm³/mol. The molecule has 0 saturated carbocycles. The zero-order chi connectivity index (χ0) is 23.4. The largest absolute Gasteiger partial charge is 0.494 e. The van der Waals surface area contributed by atoms with Gasteiger partial charge in [-0.2, -0.15) is 0 Å². The Labute approximate surface area is 198 Å². The van der Waals surface area contributed by atoms with Crippen LogP contribution in [0.15, 0.2) is 66.7 Å². The van der Waals surface area contributed by atoms with Crippen molar-refractivity contribution in [1.29, 1.82) is 0 Å². The lowest BCUT2D eigenvalue weighted by Crippen LogP contribution is -2.44. The van der Waals surface area contributed by atoms with Crippen LogP contribution in [-0.4, -0.2) is 24.5 Å². The lowest BCUT2D eigenvalue weighted by Gasteiger charge is -2.33. The van der Waals surface area contributed by atoms with Gasteiger partial charge in [-0.1, -0.05) is 35.9 Å². The maximum atomic E-state index is 12.9. The van der Waals surface area contributed by atoms with E-state index in [0.717, 1.165) is 16.9 Å². The molecule has 33 heavy (non-hydrogen) atoms. The standard InChI is InChI=1S/C26H25ClN2O4/c1-3-32-22-11-6-18(7-12-22)14-25(30)28-21-10-13-24-23(15-21)29(26(31)17(2)33-24)16-19-4-8-20(27)9-5-19/h4-13,15,17H,3,14,16H2,1-2H3,(H,28,30). The van der Waals surface area contributed by atoms with E-state index < -0.39 is 6.10 Å². The van der Waals surface area contributed by atoms with Crippen LogP contribution in [0.4, 0.5) is 11.4 Å². The van der Waals surface area contributed by atoms with Gasteiger partial charge in [0, 0.05) is 10.7 Å². The highest BCUT2D eigenvalue weighted by Gasteiger charge is 2.31. The molecule has 3 aromatic rings. The molecule has 0 fully saturated rings. The van der Waals surface area contributed by atoms with Gasteiger partial charge >= 0.3 is 0 Å². The fourth-order valence-electron chi connectivity index (χ4n) is 3.68. The van der Waals surface area contributed by atoms with Gasteiger partial charge in [0.05, 0.1) is 25.3 Å². The number of hydrogen-bond acceptors (Lipinski definition) is 4. The van der Waals surface area contributed by atoms with Crippen LogP contribution in [0.2, 0.25) is 5.02 Å². The van der Waals surface area contributed by atoms with E-state index in [1.807, 2.05) is 43.3 Å². The number of carbonyl (C=O) groups excluding carboxylic acids is 2. The number of benzene rings is 3. The van der Waals surface area contributed by atoms with E-state index in [2.05, 4.69) is 5.32 Å². The molecule has 0 saturated heterocycles. The lowest BCUT2D eigenvalue weighted by molar-refractivity contribution is -0.125. The van der Waals surface area contributed by atoms with Crippen LogP contribution in [-0.2, 0) is 22.6 Å². The molecular weight excluding hydrogens is 440 g/mol. The lowest BCUT2D eigenvalue weighted by atomic mass is 10.1. The molecule has 170 valence electrons. The fraction of sp³-hybridized carbons (Fsp3) is 0.231. The predicted octanol–water partition coefficient (Wildman–Crippen LogP) is 5.23. The van der Waals surface area contributed by atoms with Crippen molar-refractivity contribution in [3.8, 4) is 11.5 Å². The molecular formula is C26H25ClN2O4. The monoisotopic (exact) mass is 464 g/mol. The summed E-state index contributed by atoms with van der Waals surface area (Å²) in [4.78, 5) is 27.2. The Morgan fingerprint density at radius 2 is 1.76 bits per heavy atom. The molecule has 3 aromatic carbocycles. The molecule has 0 radical (unpaired) electrons. The van der Waals surface area contributed by atoms with Crippen molar-refractivity contribution in [2.75, 3.05) is 16.8 Å². The summed E-state index contributed by atoms with van der Waals surface area (Å²) in [6, 6.07) is 20.1. The van der Waals surface area contributed by atoms with Crippen molar-refractivity contribution in [3.63, 3.8) is 0 Å². The van der Waals surface area contributed by atoms with Gasteiger partial charge in [-0.05, 0) is 67.4 Å². The molecule has 1 heterocycles. The van der Waals surface area contributed by atoms with Crippen molar-refractivity contribution in [2.45, 2.75) is 32.9 Å². The summed E-state index contributed by atoms with van der Waals surface area (Å²) in [5.41, 5.74) is 3.03. The number of carbonyl (C=O) groups is 2. The van der Waals surface area contributed by atoms with Gasteiger partial charge in [-0.3, -0.25) is 9.59 Å². The molecule has 0 bridgehead atoms. The average molecular weight is 465 g/mol. The first-order valence-corrected chi connectivity index (χ1v) is 11.2. The minimum atomic E-state index is -0.593. The van der Waals surface area contributed by atoms with Gasteiger partial charge in [0.1, 0.15) is 11.5 Å². The molecule has 1 aliphatic heterocycles. The maximum absolute atomic E-state index is 12.9. The second kappa shape index (κ2) is 9.96. The smallest absolute Gasteiger partial charge is 0.268 e. The molecule has 1 atom stereocenters. The van der Waals surface area contributed by atoms with E-state index in [4.69, 9.17) is 21.1 Å². The topological polar surface area (TPSA) is 67.9 Å². The zero-order valence-electron chi connectivity index (χ0n) is 18.5. The second-order valence-corrected chi connectivity index (χ2v) is 8.23. The van der Waals surface area contributed by atoms with Gasteiger partial charge in [0.2, 0.25) is 5.91 Å². The number of nitrogens with one attached hydrogen (secondary N) is 1. The molecule has 4 rings (SSSR count). The highest BCUT2D eigenvalue weighted by molar-refractivity contribution is 6.30. The SMILES string of the molecule is CCOc1ccc(CC(=O)Nc2ccc3c(c2)N(Cc2ccc(Cl)cc2)C(=O)C(C)O3)cc1. The summed E-state index contributed by atoms with van der Waals surface area (Å²) in [6.07, 6.45) is -0.366. The Hall–Kier alpha value is -3.51. The van der Waals surface area contributed by atoms with Crippen LogP contribution < -0.4 is 19.7 Å². The molecule has 6 nitrogen and oxygen atoms in total. The number of halogens is 1. The number of anilines is 2. The molecule has 1 unspecified atom stereocenters. The van der Waals surface area contributed by atoms with Crippen molar-refractivity contribution >= 4 is 34.8 Å². The van der Waals surface area contributed by atoms with E-state index >= 15 is 0 Å². The second-order valence-electron chi connectivity index (χ2n) is 7.80. The highest BCUT2D eigenvalue weighted by Crippen LogP contribution is 2.37. The van der Waals surface area contributed by atoms with Crippen LogP contribution in [0.5, 0.6) is 11.5 Å². The normalized spacial score (nSPS) is 14.9. The number of rotatable bonds is 7. The molecule has 0 spiro atoms. The Bertz CT molecular complexity index is 1150. The molecule has 0 aromatic heterocycles. The Balaban J connectivity index is 1.50. The van der Waals surface area contributed by atoms with Crippen molar-refractivity contribution in [3.05, 3.63) is 82.9 Å². The van der Waals surface area contributed by atoms with Gasteiger partial charge in [0.15, 0.2) is 6.10 Å². The van der Waals surface area contributed by atoms with Crippen LogP contribution in [0.25, 0.3) is 0 Å². The quantitative estimate of drug-likeness (QED) is 0.519. The summed E-state index contributed by atoms with van der Waals surface area (Å²) in [6.45, 7) is 4.63. The van der Waals surface area contributed by atoms with Crippen LogP contribution in [0.1, 0.15) is 25.0 Å². The fourth-order valence-corrected chi connectivity index (χ4v) is 3.81. The molecule has 7 heteroatoms. The Morgan fingerprint density at radius 3 is 2.45 bits per heavy atom. The van der Waals surface area contributed by atoms with Crippen molar-refractivity contribution in [1.82, 2.24) is 0 Å². The van der Waals surface area contributed by atoms with Crippen LogP contribution in [0, 0.1) is 0 Å². The van der Waals surface area contributed by atoms with Gasteiger partial charge < -0.3 is 19.7 Å².